The maximum Gasteiger partial charge on any atom is 0.415 e. The summed E-state index contributed by atoms with van der Waals surface area (Å²) in [6, 6.07) is 0. The molecule has 1 N–H and O–H groups in total. The molecule has 0 aromatic rings. The van der Waals surface area contributed by atoms with Crippen molar-refractivity contribution in [2.45, 2.75) is 26.1 Å². The zero-order valence-electron chi connectivity index (χ0n) is 10.4. The lowest BCUT2D eigenvalue weighted by molar-refractivity contribution is -0.208. The van der Waals surface area contributed by atoms with Crippen LogP contribution in [0.4, 0.5) is 13.2 Å². The highest BCUT2D eigenvalue weighted by molar-refractivity contribution is 4.77. The maximum atomic E-state index is 12.2. The van der Waals surface area contributed by atoms with Crippen LogP contribution in [0, 0.1) is 5.92 Å². The fourth-order valence-corrected chi connectivity index (χ4v) is 2.02. The molecule has 1 heterocycles. The number of piperazine rings is 1. The number of alkyl halides is 3. The summed E-state index contributed by atoms with van der Waals surface area (Å²) in [5.41, 5.74) is 0. The predicted molar refractivity (Wildman–Crippen MR) is 59.8 cm³/mol. The molecule has 3 nitrogen and oxygen atoms in total. The van der Waals surface area contributed by atoms with Gasteiger partial charge < -0.3 is 10.0 Å². The zero-order chi connectivity index (χ0) is 13.1. The highest BCUT2D eigenvalue weighted by atomic mass is 19.4. The number of hydrogen-bond donors (Lipinski definition) is 1. The zero-order valence-corrected chi connectivity index (χ0v) is 10.4. The average molecular weight is 254 g/mol. The molecule has 0 radical (unpaired) electrons. The SMILES string of the molecule is CC(C)CN1CCN(CC(O)C(F)(F)F)CC1. The van der Waals surface area contributed by atoms with E-state index >= 15 is 0 Å². The normalized spacial score (nSPS) is 22.1. The highest BCUT2D eigenvalue weighted by Gasteiger charge is 2.39. The average Bonchev–Trinajstić information content (AvgIpc) is 2.18. The molecule has 1 atom stereocenters. The lowest BCUT2D eigenvalue weighted by atomic mass is 10.2. The van der Waals surface area contributed by atoms with Gasteiger partial charge in [0, 0.05) is 39.3 Å². The molecule has 1 saturated heterocycles. The van der Waals surface area contributed by atoms with Crippen molar-refractivity contribution >= 4 is 0 Å². The minimum atomic E-state index is -4.50. The van der Waals surface area contributed by atoms with Gasteiger partial charge in [0.15, 0.2) is 6.10 Å². The van der Waals surface area contributed by atoms with E-state index in [1.165, 1.54) is 0 Å². The molecule has 0 amide bonds. The first-order valence-corrected chi connectivity index (χ1v) is 5.98. The predicted octanol–water partition coefficient (Wildman–Crippen LogP) is 1.18. The van der Waals surface area contributed by atoms with Crippen LogP contribution < -0.4 is 0 Å². The summed E-state index contributed by atoms with van der Waals surface area (Å²) in [4.78, 5) is 3.93. The van der Waals surface area contributed by atoms with Crippen molar-refractivity contribution in [1.29, 1.82) is 0 Å². The molecule has 17 heavy (non-hydrogen) atoms. The second-order valence-corrected chi connectivity index (χ2v) is 5.05. The third-order valence-electron chi connectivity index (χ3n) is 2.90. The summed E-state index contributed by atoms with van der Waals surface area (Å²) >= 11 is 0. The number of rotatable bonds is 4. The van der Waals surface area contributed by atoms with E-state index in [1.807, 2.05) is 0 Å². The van der Waals surface area contributed by atoms with Gasteiger partial charge in [-0.2, -0.15) is 13.2 Å². The van der Waals surface area contributed by atoms with Crippen LogP contribution >= 0.6 is 0 Å². The van der Waals surface area contributed by atoms with E-state index in [-0.39, 0.29) is 6.54 Å². The lowest BCUT2D eigenvalue weighted by Gasteiger charge is -2.36. The van der Waals surface area contributed by atoms with Gasteiger partial charge in [0.2, 0.25) is 0 Å². The van der Waals surface area contributed by atoms with Crippen molar-refractivity contribution in [1.82, 2.24) is 9.80 Å². The number of aliphatic hydroxyl groups is 1. The van der Waals surface area contributed by atoms with Crippen LogP contribution in [-0.4, -0.2) is 66.5 Å². The van der Waals surface area contributed by atoms with Gasteiger partial charge in [0.1, 0.15) is 0 Å². The Morgan fingerprint density at radius 3 is 1.76 bits per heavy atom. The Labute approximate surface area is 100 Å². The Balaban J connectivity index is 2.28. The molecule has 0 aromatic heterocycles. The summed E-state index contributed by atoms with van der Waals surface area (Å²) < 4.78 is 36.5. The first-order valence-electron chi connectivity index (χ1n) is 5.98. The molecule has 0 aromatic carbocycles. The van der Waals surface area contributed by atoms with Crippen molar-refractivity contribution in [3.63, 3.8) is 0 Å². The van der Waals surface area contributed by atoms with Gasteiger partial charge in [-0.05, 0) is 5.92 Å². The number of aliphatic hydroxyl groups excluding tert-OH is 1. The summed E-state index contributed by atoms with van der Waals surface area (Å²) in [6.07, 6.45) is -6.73. The molecular formula is C11H21F3N2O. The summed E-state index contributed by atoms with van der Waals surface area (Å²) in [5, 5.41) is 8.97. The van der Waals surface area contributed by atoms with Crippen LogP contribution in [-0.2, 0) is 0 Å². The van der Waals surface area contributed by atoms with Crippen LogP contribution in [0.2, 0.25) is 0 Å². The minimum absolute atomic E-state index is 0.307. The van der Waals surface area contributed by atoms with Crippen molar-refractivity contribution in [3.8, 4) is 0 Å². The Morgan fingerprint density at radius 1 is 1.00 bits per heavy atom. The van der Waals surface area contributed by atoms with Crippen molar-refractivity contribution < 1.29 is 18.3 Å². The topological polar surface area (TPSA) is 26.7 Å². The quantitative estimate of drug-likeness (QED) is 0.816. The van der Waals surface area contributed by atoms with Crippen LogP contribution in [0.15, 0.2) is 0 Å². The van der Waals surface area contributed by atoms with E-state index in [9.17, 15) is 13.2 Å². The molecule has 0 spiro atoms. The molecule has 1 aliphatic heterocycles. The Bertz CT molecular complexity index is 225. The molecule has 0 saturated carbocycles. The number of β-amino-alcohol motifs (C(OH)–C–C–N with tert-alkyl or cyclic N) is 1. The summed E-state index contributed by atoms with van der Waals surface area (Å²) in [5.74, 6) is 0.572. The van der Waals surface area contributed by atoms with Crippen molar-refractivity contribution in [2.24, 2.45) is 5.92 Å². The van der Waals surface area contributed by atoms with Crippen LogP contribution in [0.1, 0.15) is 13.8 Å². The van der Waals surface area contributed by atoms with Gasteiger partial charge in [-0.25, -0.2) is 0 Å². The summed E-state index contributed by atoms with van der Waals surface area (Å²) in [7, 11) is 0. The first kappa shape index (κ1) is 14.7. The van der Waals surface area contributed by atoms with E-state index in [0.29, 0.717) is 19.0 Å². The Hall–Kier alpha value is -0.330. The van der Waals surface area contributed by atoms with E-state index in [4.69, 9.17) is 5.11 Å². The number of hydrogen-bond acceptors (Lipinski definition) is 3. The monoisotopic (exact) mass is 254 g/mol. The smallest absolute Gasteiger partial charge is 0.382 e. The van der Waals surface area contributed by atoms with Crippen LogP contribution in [0.25, 0.3) is 0 Å². The fraction of sp³-hybridized carbons (Fsp3) is 1.00. The molecule has 102 valence electrons. The van der Waals surface area contributed by atoms with Gasteiger partial charge in [-0.1, -0.05) is 13.8 Å². The van der Waals surface area contributed by atoms with E-state index < -0.39 is 12.3 Å². The fourth-order valence-electron chi connectivity index (χ4n) is 2.02. The number of halogens is 3. The van der Waals surface area contributed by atoms with Crippen molar-refractivity contribution in [3.05, 3.63) is 0 Å². The van der Waals surface area contributed by atoms with E-state index in [0.717, 1.165) is 19.6 Å². The van der Waals surface area contributed by atoms with E-state index in [2.05, 4.69) is 18.7 Å². The van der Waals surface area contributed by atoms with Gasteiger partial charge in [0.25, 0.3) is 0 Å². The first-order chi connectivity index (χ1) is 7.79. The molecule has 0 aliphatic carbocycles. The molecular weight excluding hydrogens is 233 g/mol. The van der Waals surface area contributed by atoms with Crippen LogP contribution in [0.5, 0.6) is 0 Å². The van der Waals surface area contributed by atoms with Gasteiger partial charge in [0.05, 0.1) is 0 Å². The van der Waals surface area contributed by atoms with Gasteiger partial charge in [-0.15, -0.1) is 0 Å². The van der Waals surface area contributed by atoms with Gasteiger partial charge in [-0.3, -0.25) is 4.90 Å². The number of nitrogens with zero attached hydrogens (tertiary/aromatic N) is 2. The molecule has 1 unspecified atom stereocenters. The second-order valence-electron chi connectivity index (χ2n) is 5.05. The third-order valence-corrected chi connectivity index (χ3v) is 2.90. The van der Waals surface area contributed by atoms with E-state index in [1.54, 1.807) is 4.90 Å². The molecule has 1 aliphatic rings. The lowest BCUT2D eigenvalue weighted by Crippen LogP contribution is -2.51. The molecule has 0 bridgehead atoms. The third kappa shape index (κ3) is 5.23. The molecule has 1 fully saturated rings. The Morgan fingerprint density at radius 2 is 1.41 bits per heavy atom. The molecule has 1 rings (SSSR count). The minimum Gasteiger partial charge on any atom is -0.382 e. The maximum absolute atomic E-state index is 12.2. The highest BCUT2D eigenvalue weighted by Crippen LogP contribution is 2.21. The van der Waals surface area contributed by atoms with Crippen molar-refractivity contribution in [2.75, 3.05) is 39.3 Å². The largest absolute Gasteiger partial charge is 0.415 e. The second kappa shape index (κ2) is 6.02. The Kier molecular flexibility index (Phi) is 5.22. The summed E-state index contributed by atoms with van der Waals surface area (Å²) in [6.45, 7) is 7.68. The van der Waals surface area contributed by atoms with Gasteiger partial charge >= 0.3 is 6.18 Å². The molecule has 6 heteroatoms. The standard InChI is InChI=1S/C11H21F3N2O/c1-9(2)7-15-3-5-16(6-4-15)8-10(17)11(12,13)14/h9-10,17H,3-8H2,1-2H3. The van der Waals surface area contributed by atoms with Crippen LogP contribution in [0.3, 0.4) is 0 Å².